The molecule has 2 atom stereocenters. The van der Waals surface area contributed by atoms with E-state index >= 15 is 0 Å². The Morgan fingerprint density at radius 3 is 2.64 bits per heavy atom. The first-order valence-corrected chi connectivity index (χ1v) is 7.10. The highest BCUT2D eigenvalue weighted by Crippen LogP contribution is 2.20. The Morgan fingerprint density at radius 1 is 1.32 bits per heavy atom. The van der Waals surface area contributed by atoms with Crippen molar-refractivity contribution in [1.82, 2.24) is 10.3 Å². The molecule has 0 saturated carbocycles. The van der Waals surface area contributed by atoms with Crippen LogP contribution in [0.1, 0.15) is 24.2 Å². The molecule has 0 fully saturated rings. The van der Waals surface area contributed by atoms with Crippen LogP contribution in [0.2, 0.25) is 0 Å². The topological polar surface area (TPSA) is 71.5 Å². The van der Waals surface area contributed by atoms with E-state index in [1.165, 1.54) is 0 Å². The van der Waals surface area contributed by atoms with Gasteiger partial charge in [0.15, 0.2) is 0 Å². The predicted octanol–water partition coefficient (Wildman–Crippen LogP) is 1.87. The summed E-state index contributed by atoms with van der Waals surface area (Å²) in [6.07, 6.45) is 2.79. The average molecular weight is 300 g/mol. The number of nitrogens with one attached hydrogen (secondary N) is 1. The predicted molar refractivity (Wildman–Crippen MR) is 83.5 cm³/mol. The number of hydrogen-bond acceptors (Lipinski definition) is 4. The molecule has 0 saturated heterocycles. The molecule has 22 heavy (non-hydrogen) atoms. The van der Waals surface area contributed by atoms with Crippen molar-refractivity contribution in [2.24, 2.45) is 0 Å². The zero-order valence-electron chi connectivity index (χ0n) is 12.7. The zero-order chi connectivity index (χ0) is 15.9. The second kappa shape index (κ2) is 7.56. The van der Waals surface area contributed by atoms with Gasteiger partial charge in [-0.25, -0.2) is 0 Å². The number of aliphatic hydroxyl groups is 1. The molecule has 0 bridgehead atoms. The van der Waals surface area contributed by atoms with Gasteiger partial charge in [0.05, 0.1) is 25.7 Å². The van der Waals surface area contributed by atoms with Crippen LogP contribution >= 0.6 is 0 Å². The largest absolute Gasteiger partial charge is 0.497 e. The number of rotatable bonds is 6. The van der Waals surface area contributed by atoms with Crippen molar-refractivity contribution in [1.29, 1.82) is 0 Å². The summed E-state index contributed by atoms with van der Waals surface area (Å²) in [5, 5.41) is 13.1. The lowest BCUT2D eigenvalue weighted by Gasteiger charge is -2.21. The van der Waals surface area contributed by atoms with Gasteiger partial charge in [-0.05, 0) is 36.2 Å². The molecule has 5 heteroatoms. The number of benzene rings is 1. The summed E-state index contributed by atoms with van der Waals surface area (Å²) in [6.45, 7) is 1.77. The highest BCUT2D eigenvalue weighted by molar-refractivity contribution is 5.78. The lowest BCUT2D eigenvalue weighted by Crippen LogP contribution is -2.37. The molecule has 0 aliphatic heterocycles. The number of methoxy groups -OCH3 is 1. The van der Waals surface area contributed by atoms with E-state index in [1.54, 1.807) is 56.8 Å². The molecule has 0 aliphatic rings. The summed E-state index contributed by atoms with van der Waals surface area (Å²) >= 11 is 0. The maximum atomic E-state index is 12.0. The minimum atomic E-state index is -0.774. The van der Waals surface area contributed by atoms with E-state index in [0.29, 0.717) is 0 Å². The SMILES string of the molecule is COc1ccc(C(O)C(C)NC(=O)Cc2cccnc2)cc1. The fourth-order valence-corrected chi connectivity index (χ4v) is 2.16. The number of hydrogen-bond donors (Lipinski definition) is 2. The molecule has 5 nitrogen and oxygen atoms in total. The third-order valence-corrected chi connectivity index (χ3v) is 3.41. The Morgan fingerprint density at radius 2 is 2.05 bits per heavy atom. The molecule has 2 rings (SSSR count). The first-order valence-electron chi connectivity index (χ1n) is 7.10. The number of nitrogens with zero attached hydrogens (tertiary/aromatic N) is 1. The fraction of sp³-hybridized carbons (Fsp3) is 0.294. The van der Waals surface area contributed by atoms with E-state index < -0.39 is 12.1 Å². The molecule has 2 unspecified atom stereocenters. The summed E-state index contributed by atoms with van der Waals surface area (Å²) in [5.74, 6) is 0.581. The number of aromatic nitrogens is 1. The maximum Gasteiger partial charge on any atom is 0.224 e. The molecule has 1 aromatic heterocycles. The maximum absolute atomic E-state index is 12.0. The summed E-state index contributed by atoms with van der Waals surface area (Å²) in [7, 11) is 1.59. The van der Waals surface area contributed by atoms with Crippen LogP contribution < -0.4 is 10.1 Å². The molecule has 2 aromatic rings. The van der Waals surface area contributed by atoms with Crippen LogP contribution in [0.25, 0.3) is 0 Å². The second-order valence-corrected chi connectivity index (χ2v) is 5.11. The van der Waals surface area contributed by atoms with Crippen molar-refractivity contribution in [2.75, 3.05) is 7.11 Å². The van der Waals surface area contributed by atoms with E-state index in [1.807, 2.05) is 6.07 Å². The van der Waals surface area contributed by atoms with Crippen molar-refractivity contribution < 1.29 is 14.6 Å². The van der Waals surface area contributed by atoms with Gasteiger partial charge in [-0.15, -0.1) is 0 Å². The Kier molecular flexibility index (Phi) is 5.49. The van der Waals surface area contributed by atoms with Gasteiger partial charge in [0, 0.05) is 12.4 Å². The van der Waals surface area contributed by atoms with Crippen LogP contribution in [-0.2, 0) is 11.2 Å². The molecule has 1 amide bonds. The summed E-state index contributed by atoms with van der Waals surface area (Å²) in [5.41, 5.74) is 1.57. The van der Waals surface area contributed by atoms with Crippen LogP contribution in [-0.4, -0.2) is 29.1 Å². The van der Waals surface area contributed by atoms with Crippen molar-refractivity contribution in [3.05, 3.63) is 59.9 Å². The first kappa shape index (κ1) is 16.0. The lowest BCUT2D eigenvalue weighted by atomic mass is 10.0. The Hall–Kier alpha value is -2.40. The quantitative estimate of drug-likeness (QED) is 0.854. The fourth-order valence-electron chi connectivity index (χ4n) is 2.16. The molecule has 0 radical (unpaired) electrons. The van der Waals surface area contributed by atoms with Crippen molar-refractivity contribution >= 4 is 5.91 Å². The molecule has 0 spiro atoms. The van der Waals surface area contributed by atoms with E-state index in [-0.39, 0.29) is 12.3 Å². The molecule has 1 aromatic carbocycles. The first-order chi connectivity index (χ1) is 10.6. The van der Waals surface area contributed by atoms with E-state index in [4.69, 9.17) is 4.74 Å². The highest BCUT2D eigenvalue weighted by Gasteiger charge is 2.18. The Bertz CT molecular complexity index is 599. The lowest BCUT2D eigenvalue weighted by molar-refractivity contribution is -0.121. The smallest absolute Gasteiger partial charge is 0.224 e. The monoisotopic (exact) mass is 300 g/mol. The Balaban J connectivity index is 1.92. The molecule has 2 N–H and O–H groups in total. The molecule has 0 aliphatic carbocycles. The number of aliphatic hydroxyl groups excluding tert-OH is 1. The summed E-state index contributed by atoms with van der Waals surface area (Å²) < 4.78 is 5.08. The van der Waals surface area contributed by atoms with Gasteiger partial charge in [-0.3, -0.25) is 9.78 Å². The summed E-state index contributed by atoms with van der Waals surface area (Å²) in [4.78, 5) is 16.0. The number of ether oxygens (including phenoxy) is 1. The number of carbonyl (C=O) groups is 1. The van der Waals surface area contributed by atoms with Gasteiger partial charge in [0.2, 0.25) is 5.91 Å². The van der Waals surface area contributed by atoms with Gasteiger partial charge in [-0.2, -0.15) is 0 Å². The number of amides is 1. The van der Waals surface area contributed by atoms with Gasteiger partial charge in [0.25, 0.3) is 0 Å². The van der Waals surface area contributed by atoms with Gasteiger partial charge in [0.1, 0.15) is 5.75 Å². The van der Waals surface area contributed by atoms with Crippen LogP contribution in [0, 0.1) is 0 Å². The summed E-state index contributed by atoms with van der Waals surface area (Å²) in [6, 6.07) is 10.4. The van der Waals surface area contributed by atoms with Gasteiger partial charge in [-0.1, -0.05) is 18.2 Å². The van der Waals surface area contributed by atoms with Crippen molar-refractivity contribution in [3.8, 4) is 5.75 Å². The highest BCUT2D eigenvalue weighted by atomic mass is 16.5. The minimum absolute atomic E-state index is 0.145. The molecule has 1 heterocycles. The Labute approximate surface area is 130 Å². The van der Waals surface area contributed by atoms with Crippen LogP contribution in [0.3, 0.4) is 0 Å². The van der Waals surface area contributed by atoms with Crippen molar-refractivity contribution in [3.63, 3.8) is 0 Å². The third kappa shape index (κ3) is 4.30. The van der Waals surface area contributed by atoms with Gasteiger partial charge >= 0.3 is 0 Å². The van der Waals surface area contributed by atoms with E-state index in [2.05, 4.69) is 10.3 Å². The number of carbonyl (C=O) groups excluding carboxylic acids is 1. The molecular weight excluding hydrogens is 280 g/mol. The average Bonchev–Trinajstić information content (AvgIpc) is 2.55. The standard InChI is InChI=1S/C17H20N2O3/c1-12(17(21)14-5-7-15(22-2)8-6-14)19-16(20)10-13-4-3-9-18-11-13/h3-9,11-12,17,21H,10H2,1-2H3,(H,19,20). The van der Waals surface area contributed by atoms with Crippen LogP contribution in [0.4, 0.5) is 0 Å². The normalized spacial score (nSPS) is 13.2. The number of pyridine rings is 1. The van der Waals surface area contributed by atoms with E-state index in [9.17, 15) is 9.90 Å². The van der Waals surface area contributed by atoms with Crippen LogP contribution in [0.5, 0.6) is 5.75 Å². The third-order valence-electron chi connectivity index (χ3n) is 3.41. The zero-order valence-corrected chi connectivity index (χ0v) is 12.7. The molecule has 116 valence electrons. The van der Waals surface area contributed by atoms with Gasteiger partial charge < -0.3 is 15.2 Å². The van der Waals surface area contributed by atoms with Crippen LogP contribution in [0.15, 0.2) is 48.8 Å². The van der Waals surface area contributed by atoms with E-state index in [0.717, 1.165) is 16.9 Å². The molecular formula is C17H20N2O3. The second-order valence-electron chi connectivity index (χ2n) is 5.11. The minimum Gasteiger partial charge on any atom is -0.497 e. The van der Waals surface area contributed by atoms with Crippen molar-refractivity contribution in [2.45, 2.75) is 25.5 Å².